The molecule has 0 N–H and O–H groups in total. The molecule has 1 aliphatic heterocycles. The van der Waals surface area contributed by atoms with Crippen molar-refractivity contribution in [3.05, 3.63) is 12.4 Å². The fraction of sp³-hybridized carbons (Fsp3) is 0.769. The number of aryl methyl sites for hydroxylation is 1. The van der Waals surface area contributed by atoms with Crippen LogP contribution < -0.4 is 0 Å². The van der Waals surface area contributed by atoms with Crippen LogP contribution in [0.3, 0.4) is 0 Å². The molecule has 0 aromatic carbocycles. The summed E-state index contributed by atoms with van der Waals surface area (Å²) in [5, 5.41) is 4.10. The van der Waals surface area contributed by atoms with Gasteiger partial charge in [0.1, 0.15) is 4.90 Å². The molecule has 1 aromatic heterocycles. The van der Waals surface area contributed by atoms with E-state index in [1.807, 2.05) is 7.05 Å². The highest BCUT2D eigenvalue weighted by Gasteiger charge is 2.31. The normalized spacial score (nSPS) is 21.0. The lowest BCUT2D eigenvalue weighted by Crippen LogP contribution is -2.47. The smallest absolute Gasteiger partial charge is 0.246 e. The van der Waals surface area contributed by atoms with Crippen molar-refractivity contribution in [2.24, 2.45) is 0 Å². The monoisotopic (exact) mass is 334 g/mol. The minimum Gasteiger partial charge on any atom is -0.305 e. The van der Waals surface area contributed by atoms with E-state index < -0.39 is 10.0 Å². The van der Waals surface area contributed by atoms with Gasteiger partial charge in [-0.2, -0.15) is 9.40 Å². The van der Waals surface area contributed by atoms with Crippen molar-refractivity contribution in [2.75, 3.05) is 33.1 Å². The van der Waals surface area contributed by atoms with Gasteiger partial charge in [0, 0.05) is 38.3 Å². The van der Waals surface area contributed by atoms with Crippen LogP contribution in [0.4, 0.5) is 0 Å². The summed E-state index contributed by atoms with van der Waals surface area (Å²) in [4.78, 5) is 2.43. The first kappa shape index (κ1) is 16.7. The molecule has 0 radical (unpaired) electrons. The number of alkyl halides is 1. The zero-order chi connectivity index (χ0) is 15.5. The molecule has 1 aliphatic rings. The van der Waals surface area contributed by atoms with Crippen LogP contribution in [0.1, 0.15) is 19.3 Å². The van der Waals surface area contributed by atoms with Gasteiger partial charge >= 0.3 is 0 Å². The molecule has 1 aromatic rings. The van der Waals surface area contributed by atoms with Gasteiger partial charge < -0.3 is 4.90 Å². The van der Waals surface area contributed by atoms with Gasteiger partial charge in [-0.25, -0.2) is 8.42 Å². The quantitative estimate of drug-likeness (QED) is 0.734. The topological polar surface area (TPSA) is 58.4 Å². The Labute approximate surface area is 131 Å². The Kier molecular flexibility index (Phi) is 5.65. The van der Waals surface area contributed by atoms with E-state index >= 15 is 0 Å². The van der Waals surface area contributed by atoms with Gasteiger partial charge in [0.15, 0.2) is 0 Å². The maximum atomic E-state index is 12.7. The second-order valence-corrected chi connectivity index (χ2v) is 7.94. The largest absolute Gasteiger partial charge is 0.305 e. The van der Waals surface area contributed by atoms with Crippen molar-refractivity contribution in [3.8, 4) is 0 Å². The molecular weight excluding hydrogens is 312 g/mol. The molecule has 2 heterocycles. The lowest BCUT2D eigenvalue weighted by atomic mass is 10.1. The van der Waals surface area contributed by atoms with Gasteiger partial charge in [0.25, 0.3) is 0 Å². The first-order chi connectivity index (χ1) is 9.95. The number of halogens is 1. The third-order valence-electron chi connectivity index (χ3n) is 3.92. The van der Waals surface area contributed by atoms with Crippen molar-refractivity contribution >= 4 is 21.6 Å². The number of piperidine rings is 1. The molecule has 1 fully saturated rings. The number of hydrogen-bond donors (Lipinski definition) is 0. The Hall–Kier alpha value is -0.630. The maximum Gasteiger partial charge on any atom is 0.246 e. The summed E-state index contributed by atoms with van der Waals surface area (Å²) < 4.78 is 28.4. The predicted molar refractivity (Wildman–Crippen MR) is 83.0 cm³/mol. The summed E-state index contributed by atoms with van der Waals surface area (Å²) in [7, 11) is 0.211. The number of nitrogens with zero attached hydrogens (tertiary/aromatic N) is 4. The van der Waals surface area contributed by atoms with Crippen LogP contribution in [0.5, 0.6) is 0 Å². The molecule has 0 saturated carbocycles. The molecule has 8 heteroatoms. The maximum absolute atomic E-state index is 12.7. The standard InChI is InChI=1S/C13H23ClN4O2S/c1-16-7-3-5-12(10-16)17(2)21(19,20)13-9-15-18(11-13)8-4-6-14/h9,11-12H,3-8,10H2,1-2H3. The van der Waals surface area contributed by atoms with Crippen LogP contribution in [0, 0.1) is 0 Å². The van der Waals surface area contributed by atoms with E-state index in [1.54, 1.807) is 17.9 Å². The Morgan fingerprint density at radius 1 is 1.52 bits per heavy atom. The summed E-state index contributed by atoms with van der Waals surface area (Å²) in [6, 6.07) is 0.0277. The first-order valence-electron chi connectivity index (χ1n) is 7.20. The van der Waals surface area contributed by atoms with Crippen LogP contribution in [0.25, 0.3) is 0 Å². The van der Waals surface area contributed by atoms with Gasteiger partial charge in [-0.3, -0.25) is 4.68 Å². The van der Waals surface area contributed by atoms with Crippen LogP contribution >= 0.6 is 11.6 Å². The third kappa shape index (κ3) is 3.97. The Bertz CT molecular complexity index is 560. The number of likely N-dealkylation sites (N-methyl/N-ethyl adjacent to an activating group) is 2. The van der Waals surface area contributed by atoms with E-state index in [-0.39, 0.29) is 10.9 Å². The fourth-order valence-corrected chi connectivity index (χ4v) is 4.07. The van der Waals surface area contributed by atoms with Crippen LogP contribution in [-0.2, 0) is 16.6 Å². The zero-order valence-electron chi connectivity index (χ0n) is 12.6. The molecular formula is C13H23ClN4O2S. The average Bonchev–Trinajstić information content (AvgIpc) is 2.93. The predicted octanol–water partition coefficient (Wildman–Crippen LogP) is 1.23. The SMILES string of the molecule is CN1CCCC(N(C)S(=O)(=O)c2cnn(CCCCl)c2)C1. The summed E-state index contributed by atoms with van der Waals surface area (Å²) in [5.41, 5.74) is 0. The molecule has 1 unspecified atom stereocenters. The molecule has 1 atom stereocenters. The minimum absolute atomic E-state index is 0.0277. The van der Waals surface area contributed by atoms with Crippen molar-refractivity contribution in [1.82, 2.24) is 19.0 Å². The van der Waals surface area contributed by atoms with Crippen molar-refractivity contribution in [3.63, 3.8) is 0 Å². The number of rotatable bonds is 6. The van der Waals surface area contributed by atoms with Crippen molar-refractivity contribution in [1.29, 1.82) is 0 Å². The fourth-order valence-electron chi connectivity index (χ4n) is 2.62. The van der Waals surface area contributed by atoms with E-state index in [1.165, 1.54) is 10.5 Å². The number of sulfonamides is 1. The van der Waals surface area contributed by atoms with E-state index in [2.05, 4.69) is 10.00 Å². The van der Waals surface area contributed by atoms with Crippen LogP contribution in [-0.4, -0.2) is 66.5 Å². The Morgan fingerprint density at radius 2 is 2.29 bits per heavy atom. The molecule has 0 aliphatic carbocycles. The molecule has 1 saturated heterocycles. The lowest BCUT2D eigenvalue weighted by molar-refractivity contribution is 0.187. The van der Waals surface area contributed by atoms with Crippen molar-refractivity contribution in [2.45, 2.75) is 36.7 Å². The van der Waals surface area contributed by atoms with E-state index in [0.717, 1.165) is 32.4 Å². The lowest BCUT2D eigenvalue weighted by Gasteiger charge is -2.34. The van der Waals surface area contributed by atoms with Gasteiger partial charge in [0.2, 0.25) is 10.0 Å². The highest BCUT2D eigenvalue weighted by Crippen LogP contribution is 2.21. The Morgan fingerprint density at radius 3 is 2.95 bits per heavy atom. The van der Waals surface area contributed by atoms with E-state index in [9.17, 15) is 8.42 Å². The molecule has 0 amide bonds. The number of aromatic nitrogens is 2. The number of likely N-dealkylation sites (tertiary alicyclic amines) is 1. The summed E-state index contributed by atoms with van der Waals surface area (Å²) in [5.74, 6) is 0.538. The molecule has 120 valence electrons. The molecule has 6 nitrogen and oxygen atoms in total. The van der Waals surface area contributed by atoms with Gasteiger partial charge in [-0.1, -0.05) is 0 Å². The average molecular weight is 335 g/mol. The third-order valence-corrected chi connectivity index (χ3v) is 6.05. The van der Waals surface area contributed by atoms with Crippen LogP contribution in [0.15, 0.2) is 17.3 Å². The summed E-state index contributed by atoms with van der Waals surface area (Å²) >= 11 is 5.64. The molecule has 0 bridgehead atoms. The summed E-state index contributed by atoms with van der Waals surface area (Å²) in [6.45, 7) is 2.44. The van der Waals surface area contributed by atoms with E-state index in [4.69, 9.17) is 11.6 Å². The van der Waals surface area contributed by atoms with Gasteiger partial charge in [-0.05, 0) is 32.9 Å². The second kappa shape index (κ2) is 7.09. The van der Waals surface area contributed by atoms with Crippen molar-refractivity contribution < 1.29 is 8.42 Å². The first-order valence-corrected chi connectivity index (χ1v) is 9.17. The highest BCUT2D eigenvalue weighted by molar-refractivity contribution is 7.89. The molecule has 21 heavy (non-hydrogen) atoms. The number of hydrogen-bond acceptors (Lipinski definition) is 4. The highest BCUT2D eigenvalue weighted by atomic mass is 35.5. The molecule has 0 spiro atoms. The second-order valence-electron chi connectivity index (χ2n) is 5.56. The van der Waals surface area contributed by atoms with Crippen LogP contribution in [0.2, 0.25) is 0 Å². The van der Waals surface area contributed by atoms with Gasteiger partial charge in [-0.15, -0.1) is 11.6 Å². The van der Waals surface area contributed by atoms with E-state index in [0.29, 0.717) is 12.4 Å². The summed E-state index contributed by atoms with van der Waals surface area (Å²) in [6.07, 6.45) is 5.71. The Balaban J connectivity index is 2.11. The minimum atomic E-state index is -3.48. The molecule has 2 rings (SSSR count). The zero-order valence-corrected chi connectivity index (χ0v) is 14.1. The van der Waals surface area contributed by atoms with Gasteiger partial charge in [0.05, 0.1) is 6.20 Å².